The summed E-state index contributed by atoms with van der Waals surface area (Å²) in [7, 11) is -2.95. The van der Waals surface area contributed by atoms with Gasteiger partial charge in [0.25, 0.3) is 10.1 Å². The average molecular weight is 711 g/mol. The zero-order valence-electron chi connectivity index (χ0n) is 25.9. The second-order valence-corrected chi connectivity index (χ2v) is 13.1. The molecule has 3 heterocycles. The fourth-order valence-electron chi connectivity index (χ4n) is 5.55. The smallest absolute Gasteiger partial charge is 0.451 e. The monoisotopic (exact) mass is 710 g/mol. The van der Waals surface area contributed by atoms with Gasteiger partial charge < -0.3 is 25.2 Å². The van der Waals surface area contributed by atoms with Crippen LogP contribution >= 0.6 is 0 Å². The summed E-state index contributed by atoms with van der Waals surface area (Å²) < 4.78 is 116. The molecule has 2 saturated heterocycles. The van der Waals surface area contributed by atoms with E-state index in [0.29, 0.717) is 44.3 Å². The van der Waals surface area contributed by atoms with Crippen LogP contribution in [-0.2, 0) is 38.5 Å². The molecule has 2 amide bonds. The number of benzene rings is 1. The zero-order valence-corrected chi connectivity index (χ0v) is 26.7. The number of hydrogen-bond acceptors (Lipinski definition) is 9. The molecule has 0 radical (unpaired) electrons. The first-order chi connectivity index (χ1) is 22.4. The molecule has 19 heteroatoms. The predicted molar refractivity (Wildman–Crippen MR) is 161 cm³/mol. The van der Waals surface area contributed by atoms with Gasteiger partial charge in [-0.05, 0) is 55.7 Å². The number of rotatable bonds is 13. The van der Waals surface area contributed by atoms with E-state index in [2.05, 4.69) is 20.6 Å². The highest BCUT2D eigenvalue weighted by Gasteiger charge is 2.40. The summed E-state index contributed by atoms with van der Waals surface area (Å²) in [5.41, 5.74) is -0.434. The highest BCUT2D eigenvalue weighted by Crippen LogP contribution is 2.35. The lowest BCUT2D eigenvalue weighted by atomic mass is 9.92. The Morgan fingerprint density at radius 2 is 1.65 bits per heavy atom. The van der Waals surface area contributed by atoms with Gasteiger partial charge in [0.2, 0.25) is 17.6 Å². The summed E-state index contributed by atoms with van der Waals surface area (Å²) in [5.74, 6) is -2.68. The maximum atomic E-state index is 13.8. The first kappa shape index (κ1) is 37.0. The Morgan fingerprint density at radius 1 is 0.958 bits per heavy atom. The number of hydrogen-bond donors (Lipinski definition) is 3. The molecule has 0 unspecified atom stereocenters. The van der Waals surface area contributed by atoms with Gasteiger partial charge in [0.05, 0.1) is 18.4 Å². The Balaban J connectivity index is 1.34. The average Bonchev–Trinajstić information content (AvgIpc) is 2.98. The Morgan fingerprint density at radius 3 is 2.23 bits per heavy atom. The van der Waals surface area contributed by atoms with Crippen LogP contribution in [0.5, 0.6) is 5.75 Å². The molecular formula is C29H36F6N6O6S. The fraction of sp³-hybridized carbons (Fsp3) is 0.586. The molecule has 2 aromatic rings. The molecule has 0 saturated carbocycles. The van der Waals surface area contributed by atoms with Crippen molar-refractivity contribution in [2.24, 2.45) is 5.92 Å². The largest absolute Gasteiger partial charge is 0.496 e. The van der Waals surface area contributed by atoms with E-state index in [4.69, 9.17) is 9.29 Å². The van der Waals surface area contributed by atoms with Gasteiger partial charge in [-0.1, -0.05) is 6.07 Å². The summed E-state index contributed by atoms with van der Waals surface area (Å²) in [6, 6.07) is 3.65. The minimum Gasteiger partial charge on any atom is -0.496 e. The number of aromatic nitrogens is 2. The Labute approximate surface area is 273 Å². The minimum absolute atomic E-state index is 0.0147. The molecule has 1 aromatic heterocycles. The molecule has 266 valence electrons. The number of amides is 2. The van der Waals surface area contributed by atoms with Gasteiger partial charge in [0, 0.05) is 45.2 Å². The van der Waals surface area contributed by atoms with Gasteiger partial charge in [0.15, 0.2) is 0 Å². The Hall–Kier alpha value is -3.87. The van der Waals surface area contributed by atoms with Crippen molar-refractivity contribution >= 4 is 33.6 Å². The third kappa shape index (κ3) is 10.1. The van der Waals surface area contributed by atoms with Crippen LogP contribution in [0.3, 0.4) is 0 Å². The molecular weight excluding hydrogens is 674 g/mol. The van der Waals surface area contributed by atoms with Gasteiger partial charge in [0.1, 0.15) is 23.4 Å². The van der Waals surface area contributed by atoms with E-state index in [1.165, 1.54) is 24.1 Å². The van der Waals surface area contributed by atoms with Crippen LogP contribution in [0.4, 0.5) is 38.0 Å². The maximum Gasteiger partial charge on any atom is 0.451 e. The summed E-state index contributed by atoms with van der Waals surface area (Å²) in [6.45, 7) is 0.827. The third-order valence-electron chi connectivity index (χ3n) is 8.28. The van der Waals surface area contributed by atoms with Crippen molar-refractivity contribution in [1.82, 2.24) is 20.6 Å². The van der Waals surface area contributed by atoms with Crippen molar-refractivity contribution in [1.29, 1.82) is 0 Å². The first-order valence-electron chi connectivity index (χ1n) is 15.2. The van der Waals surface area contributed by atoms with Gasteiger partial charge in [-0.25, -0.2) is 9.97 Å². The topological polar surface area (TPSA) is 154 Å². The van der Waals surface area contributed by atoms with Crippen LogP contribution in [0, 0.1) is 5.92 Å². The van der Waals surface area contributed by atoms with Gasteiger partial charge in [-0.2, -0.15) is 34.8 Å². The molecule has 1 atom stereocenters. The SMILES string of the molecule is COc1cc(C(F)(F)F)ccc1CCNC(=O)[C@@H]1CCN1c1cc(N2CCC(CCC(=O)NCCS(=O)(=O)O)CC2)nc(C(F)(F)F)n1. The quantitative estimate of drug-likeness (QED) is 0.208. The number of carbonyl (C=O) groups excluding carboxylic acids is 2. The van der Waals surface area contributed by atoms with Crippen LogP contribution in [0.15, 0.2) is 24.3 Å². The van der Waals surface area contributed by atoms with Crippen molar-refractivity contribution in [3.05, 3.63) is 41.2 Å². The van der Waals surface area contributed by atoms with Crippen molar-refractivity contribution in [2.75, 3.05) is 55.4 Å². The zero-order chi connectivity index (χ0) is 35.3. The molecule has 3 N–H and O–H groups in total. The number of nitrogens with zero attached hydrogens (tertiary/aromatic N) is 4. The minimum atomic E-state index is -4.85. The van der Waals surface area contributed by atoms with Crippen LogP contribution in [0.1, 0.15) is 49.1 Å². The van der Waals surface area contributed by atoms with E-state index >= 15 is 0 Å². The molecule has 0 spiro atoms. The number of alkyl halides is 6. The summed E-state index contributed by atoms with van der Waals surface area (Å²) >= 11 is 0. The number of anilines is 2. The Bertz CT molecular complexity index is 1570. The van der Waals surface area contributed by atoms with Gasteiger partial charge in [-0.15, -0.1) is 0 Å². The molecule has 2 fully saturated rings. The van der Waals surface area contributed by atoms with Crippen molar-refractivity contribution in [3.8, 4) is 5.75 Å². The number of methoxy groups -OCH3 is 1. The van der Waals surface area contributed by atoms with Gasteiger partial charge in [-0.3, -0.25) is 14.1 Å². The van der Waals surface area contributed by atoms with Crippen LogP contribution in [0.25, 0.3) is 0 Å². The van der Waals surface area contributed by atoms with E-state index < -0.39 is 51.6 Å². The van der Waals surface area contributed by atoms with Gasteiger partial charge >= 0.3 is 12.4 Å². The Kier molecular flexibility index (Phi) is 11.6. The fourth-order valence-corrected chi connectivity index (χ4v) is 5.91. The van der Waals surface area contributed by atoms with Crippen molar-refractivity contribution < 1.29 is 53.6 Å². The molecule has 12 nitrogen and oxygen atoms in total. The summed E-state index contributed by atoms with van der Waals surface area (Å²) in [4.78, 5) is 35.6. The molecule has 0 bridgehead atoms. The highest BCUT2D eigenvalue weighted by atomic mass is 32.2. The lowest BCUT2D eigenvalue weighted by Crippen LogP contribution is -2.57. The van der Waals surface area contributed by atoms with Crippen LogP contribution in [0.2, 0.25) is 0 Å². The van der Waals surface area contributed by atoms with E-state index in [9.17, 15) is 44.3 Å². The predicted octanol–water partition coefficient (Wildman–Crippen LogP) is 3.46. The summed E-state index contributed by atoms with van der Waals surface area (Å²) in [5, 5.41) is 5.11. The van der Waals surface area contributed by atoms with E-state index in [1.54, 1.807) is 4.90 Å². The number of piperidine rings is 1. The standard InChI is InChI=1S/C29H36F6N6O6S/c1-47-22-16-20(28(30,31)32)4-3-19(22)6-10-37-26(43)21-9-14-41(21)24-17-23(38-27(39-24)29(33,34)35)40-12-7-18(8-13-40)2-5-25(42)36-11-15-48(44,45)46/h3-4,16-18,21H,2,5-15H2,1H3,(H,36,42)(H,37,43)(H,44,45,46)/t21-/m0/s1. The molecule has 4 rings (SSSR count). The van der Waals surface area contributed by atoms with E-state index in [0.717, 1.165) is 12.1 Å². The number of carbonyl (C=O) groups is 2. The number of nitrogens with one attached hydrogen (secondary N) is 2. The summed E-state index contributed by atoms with van der Waals surface area (Å²) in [6.07, 6.45) is -7.14. The van der Waals surface area contributed by atoms with Crippen molar-refractivity contribution in [2.45, 2.75) is 56.9 Å². The lowest BCUT2D eigenvalue weighted by molar-refractivity contribution is -0.144. The lowest BCUT2D eigenvalue weighted by Gasteiger charge is -2.41. The van der Waals surface area contributed by atoms with E-state index in [1.807, 2.05) is 0 Å². The number of ether oxygens (including phenoxy) is 1. The second kappa shape index (κ2) is 15.1. The van der Waals surface area contributed by atoms with E-state index in [-0.39, 0.29) is 61.7 Å². The van der Waals surface area contributed by atoms with Crippen LogP contribution in [-0.4, -0.2) is 86.4 Å². The molecule has 2 aliphatic rings. The van der Waals surface area contributed by atoms with Crippen LogP contribution < -0.4 is 25.2 Å². The number of halogens is 6. The first-order valence-corrected chi connectivity index (χ1v) is 16.8. The molecule has 48 heavy (non-hydrogen) atoms. The molecule has 2 aliphatic heterocycles. The highest BCUT2D eigenvalue weighted by molar-refractivity contribution is 7.85. The molecule has 1 aromatic carbocycles. The normalized spacial score (nSPS) is 17.5. The second-order valence-electron chi connectivity index (χ2n) is 11.6. The maximum absolute atomic E-state index is 13.8. The third-order valence-corrected chi connectivity index (χ3v) is 9.00. The molecule has 0 aliphatic carbocycles. The van der Waals surface area contributed by atoms with Crippen molar-refractivity contribution in [3.63, 3.8) is 0 Å².